The Hall–Kier alpha value is -3.24. The summed E-state index contributed by atoms with van der Waals surface area (Å²) in [6.07, 6.45) is 0.928. The van der Waals surface area contributed by atoms with Crippen molar-refractivity contribution in [3.63, 3.8) is 0 Å². The minimum Gasteiger partial charge on any atom is -0.508 e. The molecule has 2 heterocycles. The predicted molar refractivity (Wildman–Crippen MR) is 112 cm³/mol. The number of carbonyl (C=O) groups is 1. The number of phenols is 1. The van der Waals surface area contributed by atoms with Gasteiger partial charge in [-0.25, -0.2) is 17.6 Å². The van der Waals surface area contributed by atoms with Crippen molar-refractivity contribution in [2.45, 2.75) is 24.3 Å². The maximum Gasteiger partial charge on any atom is 0.336 e. The largest absolute Gasteiger partial charge is 0.508 e. The number of halogens is 1. The van der Waals surface area contributed by atoms with Crippen molar-refractivity contribution in [2.75, 3.05) is 13.1 Å². The van der Waals surface area contributed by atoms with E-state index in [0.29, 0.717) is 23.8 Å². The number of nitrogens with zero attached hydrogens (tertiary/aromatic N) is 1. The fourth-order valence-electron chi connectivity index (χ4n) is 3.71. The van der Waals surface area contributed by atoms with Crippen LogP contribution < -0.4 is 5.63 Å². The number of rotatable bonds is 5. The van der Waals surface area contributed by atoms with Crippen molar-refractivity contribution < 1.29 is 31.9 Å². The second kappa shape index (κ2) is 8.71. The quantitative estimate of drug-likeness (QED) is 0.459. The van der Waals surface area contributed by atoms with Crippen LogP contribution in [0.2, 0.25) is 0 Å². The molecule has 0 amide bonds. The number of benzene rings is 2. The third-order valence-electron chi connectivity index (χ3n) is 5.35. The van der Waals surface area contributed by atoms with Gasteiger partial charge in [0.25, 0.3) is 0 Å². The smallest absolute Gasteiger partial charge is 0.336 e. The van der Waals surface area contributed by atoms with Crippen LogP contribution in [0.3, 0.4) is 0 Å². The topological polar surface area (TPSA) is 114 Å². The summed E-state index contributed by atoms with van der Waals surface area (Å²) in [4.78, 5) is 24.4. The fourth-order valence-corrected chi connectivity index (χ4v) is 5.24. The first-order chi connectivity index (χ1) is 15.2. The summed E-state index contributed by atoms with van der Waals surface area (Å²) in [5.41, 5.74) is -0.0719. The molecule has 168 valence electrons. The highest BCUT2D eigenvalue weighted by atomic mass is 32.2. The molecule has 1 aliphatic heterocycles. The second-order valence-corrected chi connectivity index (χ2v) is 9.47. The zero-order chi connectivity index (χ0) is 22.9. The van der Waals surface area contributed by atoms with E-state index in [4.69, 9.17) is 9.15 Å². The Bertz CT molecular complexity index is 1320. The van der Waals surface area contributed by atoms with Crippen LogP contribution in [0.5, 0.6) is 5.75 Å². The minimum atomic E-state index is -3.87. The number of aromatic hydroxyl groups is 1. The average molecular weight is 461 g/mol. The Morgan fingerprint density at radius 1 is 1.19 bits per heavy atom. The molecule has 1 atom stereocenters. The first kappa shape index (κ1) is 22.0. The molecule has 8 nitrogen and oxygen atoms in total. The third-order valence-corrected chi connectivity index (χ3v) is 7.23. The zero-order valence-electron chi connectivity index (χ0n) is 16.9. The normalized spacial score (nSPS) is 17.3. The molecule has 1 fully saturated rings. The van der Waals surface area contributed by atoms with Crippen LogP contribution in [0, 0.1) is 11.7 Å². The summed E-state index contributed by atoms with van der Waals surface area (Å²) in [6.45, 7) is -0.00559. The number of sulfonamides is 1. The third kappa shape index (κ3) is 4.51. The van der Waals surface area contributed by atoms with Gasteiger partial charge in [0.05, 0.1) is 10.8 Å². The standard InChI is InChI=1S/C22H20FNO7S/c23-16-3-6-18(7-4-16)32(28,29)24-9-1-2-14(12-24)22(27)30-13-15-10-21(26)31-20-11-17(25)5-8-19(15)20/h3-8,10-11,14,25H,1-2,9,12-13H2/t14-/m0/s1. The molecule has 0 aliphatic carbocycles. The molecule has 0 bridgehead atoms. The van der Waals surface area contributed by atoms with Gasteiger partial charge in [-0.05, 0) is 49.2 Å². The Morgan fingerprint density at radius 3 is 2.69 bits per heavy atom. The number of carbonyl (C=O) groups excluding carboxylic acids is 1. The van der Waals surface area contributed by atoms with Crippen molar-refractivity contribution in [2.24, 2.45) is 5.92 Å². The summed E-state index contributed by atoms with van der Waals surface area (Å²) >= 11 is 0. The van der Waals surface area contributed by atoms with Crippen molar-refractivity contribution in [3.05, 3.63) is 70.3 Å². The second-order valence-electron chi connectivity index (χ2n) is 7.53. The lowest BCUT2D eigenvalue weighted by Gasteiger charge is -2.30. The van der Waals surface area contributed by atoms with Gasteiger partial charge in [-0.3, -0.25) is 4.79 Å². The molecule has 4 rings (SSSR count). The first-order valence-corrected chi connectivity index (χ1v) is 11.4. The lowest BCUT2D eigenvalue weighted by atomic mass is 10.00. The van der Waals surface area contributed by atoms with E-state index in [1.807, 2.05) is 0 Å². The van der Waals surface area contributed by atoms with E-state index < -0.39 is 33.4 Å². The molecule has 1 aliphatic rings. The van der Waals surface area contributed by atoms with Crippen molar-refractivity contribution >= 4 is 27.0 Å². The predicted octanol–water partition coefficient (Wildman–Crippen LogP) is 2.78. The summed E-state index contributed by atoms with van der Waals surface area (Å²) in [6, 6.07) is 10.0. The number of hydrogen-bond donors (Lipinski definition) is 1. The number of ether oxygens (including phenoxy) is 1. The molecule has 3 aromatic rings. The molecule has 1 saturated heterocycles. The van der Waals surface area contributed by atoms with Crippen LogP contribution in [-0.2, 0) is 26.2 Å². The Morgan fingerprint density at radius 2 is 1.94 bits per heavy atom. The number of phenolic OH excluding ortho intramolecular Hbond substituents is 1. The molecule has 10 heteroatoms. The maximum atomic E-state index is 13.1. The van der Waals surface area contributed by atoms with Crippen LogP contribution in [0.15, 0.2) is 62.6 Å². The lowest BCUT2D eigenvalue weighted by molar-refractivity contribution is -0.151. The Labute approximate surface area is 182 Å². The van der Waals surface area contributed by atoms with Crippen molar-refractivity contribution in [3.8, 4) is 5.75 Å². The highest BCUT2D eigenvalue weighted by Crippen LogP contribution is 2.26. The molecule has 2 aromatic carbocycles. The number of hydrogen-bond acceptors (Lipinski definition) is 7. The van der Waals surface area contributed by atoms with Crippen LogP contribution in [0.4, 0.5) is 4.39 Å². The summed E-state index contributed by atoms with van der Waals surface area (Å²) in [5, 5.41) is 10.1. The van der Waals surface area contributed by atoms with Gasteiger partial charge in [-0.2, -0.15) is 4.31 Å². The van der Waals surface area contributed by atoms with Crippen LogP contribution >= 0.6 is 0 Å². The summed E-state index contributed by atoms with van der Waals surface area (Å²) < 4.78 is 50.5. The molecular formula is C22H20FNO7S. The fraction of sp³-hybridized carbons (Fsp3) is 0.273. The lowest BCUT2D eigenvalue weighted by Crippen LogP contribution is -2.42. The van der Waals surface area contributed by atoms with E-state index in [1.165, 1.54) is 34.6 Å². The minimum absolute atomic E-state index is 0.0429. The van der Waals surface area contributed by atoms with Crippen molar-refractivity contribution in [1.82, 2.24) is 4.31 Å². The molecule has 0 unspecified atom stereocenters. The number of fused-ring (bicyclic) bond motifs is 1. The van der Waals surface area contributed by atoms with Crippen LogP contribution in [0.1, 0.15) is 18.4 Å². The Balaban J connectivity index is 1.47. The van der Waals surface area contributed by atoms with E-state index in [9.17, 15) is 27.5 Å². The van der Waals surface area contributed by atoms with Gasteiger partial charge in [-0.15, -0.1) is 0 Å². The van der Waals surface area contributed by atoms with E-state index in [2.05, 4.69) is 0 Å². The number of piperidine rings is 1. The SMILES string of the molecule is O=C(OCc1cc(=O)oc2cc(O)ccc12)[C@H]1CCCN(S(=O)(=O)c2ccc(F)cc2)C1. The van der Waals surface area contributed by atoms with E-state index in [1.54, 1.807) is 6.07 Å². The van der Waals surface area contributed by atoms with Gasteiger partial charge >= 0.3 is 11.6 Å². The van der Waals surface area contributed by atoms with Crippen molar-refractivity contribution in [1.29, 1.82) is 0 Å². The van der Waals surface area contributed by atoms with Gasteiger partial charge in [0.15, 0.2) is 0 Å². The van der Waals surface area contributed by atoms with Gasteiger partial charge in [0, 0.05) is 36.2 Å². The molecule has 1 N–H and O–H groups in total. The van der Waals surface area contributed by atoms with E-state index >= 15 is 0 Å². The average Bonchev–Trinajstić information content (AvgIpc) is 2.77. The van der Waals surface area contributed by atoms with Gasteiger partial charge in [0.1, 0.15) is 23.8 Å². The number of esters is 1. The zero-order valence-corrected chi connectivity index (χ0v) is 17.7. The molecule has 0 spiro atoms. The molecule has 0 radical (unpaired) electrons. The maximum absolute atomic E-state index is 13.1. The first-order valence-electron chi connectivity index (χ1n) is 9.92. The van der Waals surface area contributed by atoms with Gasteiger partial charge in [0.2, 0.25) is 10.0 Å². The summed E-state index contributed by atoms with van der Waals surface area (Å²) in [5.74, 6) is -1.86. The monoisotopic (exact) mass is 461 g/mol. The molecule has 0 saturated carbocycles. The van der Waals surface area contributed by atoms with Crippen LogP contribution in [0.25, 0.3) is 11.0 Å². The highest BCUT2D eigenvalue weighted by molar-refractivity contribution is 7.89. The van der Waals surface area contributed by atoms with E-state index in [0.717, 1.165) is 12.1 Å². The van der Waals surface area contributed by atoms with E-state index in [-0.39, 0.29) is 35.9 Å². The van der Waals surface area contributed by atoms with Crippen LogP contribution in [-0.4, -0.2) is 36.9 Å². The summed E-state index contributed by atoms with van der Waals surface area (Å²) in [7, 11) is -3.87. The highest BCUT2D eigenvalue weighted by Gasteiger charge is 2.34. The van der Waals surface area contributed by atoms with Gasteiger partial charge in [-0.1, -0.05) is 0 Å². The van der Waals surface area contributed by atoms with Gasteiger partial charge < -0.3 is 14.3 Å². The molecular weight excluding hydrogens is 441 g/mol. The molecule has 32 heavy (non-hydrogen) atoms. The Kier molecular flexibility index (Phi) is 5.98. The molecule has 1 aromatic heterocycles.